The van der Waals surface area contributed by atoms with Gasteiger partial charge in [0.2, 0.25) is 0 Å². The highest BCUT2D eigenvalue weighted by atomic mass is 19.4. The number of hydrogen-bond acceptors (Lipinski definition) is 2. The zero-order valence-corrected chi connectivity index (χ0v) is 10.9. The molecule has 0 N–H and O–H groups in total. The lowest BCUT2D eigenvalue weighted by atomic mass is 10.1. The molecule has 0 amide bonds. The number of carbonyl (C=O) groups excluding carboxylic acids is 1. The van der Waals surface area contributed by atoms with Gasteiger partial charge in [-0.3, -0.25) is 4.79 Å². The van der Waals surface area contributed by atoms with E-state index in [1.807, 2.05) is 0 Å². The van der Waals surface area contributed by atoms with Crippen molar-refractivity contribution in [1.29, 1.82) is 0 Å². The van der Waals surface area contributed by atoms with Crippen LogP contribution in [-0.2, 0) is 17.5 Å². The van der Waals surface area contributed by atoms with Crippen LogP contribution in [0.25, 0.3) is 10.9 Å². The number of benzene rings is 1. The minimum Gasteiger partial charge on any atom is -0.380 e. The molecule has 0 aliphatic rings. The minimum atomic E-state index is -4.58. The lowest BCUT2D eigenvalue weighted by Gasteiger charge is -2.13. The van der Waals surface area contributed by atoms with Crippen molar-refractivity contribution < 1.29 is 22.7 Å². The van der Waals surface area contributed by atoms with Gasteiger partial charge in [-0.25, -0.2) is 0 Å². The second-order valence-corrected chi connectivity index (χ2v) is 4.24. The van der Waals surface area contributed by atoms with Gasteiger partial charge in [0.05, 0.1) is 12.2 Å². The highest BCUT2D eigenvalue weighted by Crippen LogP contribution is 2.37. The van der Waals surface area contributed by atoms with Gasteiger partial charge in [0.1, 0.15) is 5.69 Å². The Morgan fingerprint density at radius 2 is 2.00 bits per heavy atom. The second-order valence-electron chi connectivity index (χ2n) is 4.24. The van der Waals surface area contributed by atoms with Crippen molar-refractivity contribution in [3.63, 3.8) is 0 Å². The lowest BCUT2D eigenvalue weighted by Crippen LogP contribution is -2.17. The van der Waals surface area contributed by atoms with E-state index >= 15 is 0 Å². The van der Waals surface area contributed by atoms with Crippen molar-refractivity contribution in [2.75, 3.05) is 13.2 Å². The first kappa shape index (κ1) is 14.6. The van der Waals surface area contributed by atoms with Crippen LogP contribution in [0.3, 0.4) is 0 Å². The maximum atomic E-state index is 13.2. The molecule has 1 aromatic heterocycles. The Hall–Kier alpha value is -1.82. The van der Waals surface area contributed by atoms with Crippen LogP contribution in [0.15, 0.2) is 24.3 Å². The third-order valence-corrected chi connectivity index (χ3v) is 3.06. The summed E-state index contributed by atoms with van der Waals surface area (Å²) < 4.78 is 45.9. The fourth-order valence-electron chi connectivity index (χ4n) is 2.29. The van der Waals surface area contributed by atoms with Gasteiger partial charge >= 0.3 is 6.18 Å². The second kappa shape index (κ2) is 5.66. The van der Waals surface area contributed by atoms with Crippen LogP contribution in [0.5, 0.6) is 0 Å². The molecule has 1 aromatic carbocycles. The van der Waals surface area contributed by atoms with Gasteiger partial charge in [0.25, 0.3) is 0 Å². The van der Waals surface area contributed by atoms with E-state index < -0.39 is 11.9 Å². The number of ether oxygens (including phenoxy) is 1. The first-order valence-corrected chi connectivity index (χ1v) is 6.22. The molecule has 0 spiro atoms. The van der Waals surface area contributed by atoms with Crippen molar-refractivity contribution in [2.24, 2.45) is 0 Å². The highest BCUT2D eigenvalue weighted by Gasteiger charge is 2.38. The number of fused-ring (bicyclic) bond motifs is 1. The summed E-state index contributed by atoms with van der Waals surface area (Å²) in [7, 11) is 0. The maximum Gasteiger partial charge on any atom is 0.432 e. The van der Waals surface area contributed by atoms with Gasteiger partial charge < -0.3 is 9.30 Å². The smallest absolute Gasteiger partial charge is 0.380 e. The third kappa shape index (κ3) is 2.56. The Bertz CT molecular complexity index is 617. The fourth-order valence-corrected chi connectivity index (χ4v) is 2.29. The standard InChI is InChI=1S/C14H14F3NO2/c1-2-20-8-7-18-12-6-4-3-5-10(12)11(9-19)13(18)14(15,16)17/h3-6,9H,2,7-8H2,1H3. The number of nitrogens with zero attached hydrogens (tertiary/aromatic N) is 1. The predicted octanol–water partition coefficient (Wildman–Crippen LogP) is 3.51. The molecule has 6 heteroatoms. The zero-order chi connectivity index (χ0) is 14.8. The van der Waals surface area contributed by atoms with Crippen molar-refractivity contribution in [1.82, 2.24) is 4.57 Å². The Morgan fingerprint density at radius 3 is 2.60 bits per heavy atom. The number of carbonyl (C=O) groups is 1. The van der Waals surface area contributed by atoms with Crippen LogP contribution in [0.1, 0.15) is 23.0 Å². The van der Waals surface area contributed by atoms with E-state index in [4.69, 9.17) is 4.74 Å². The lowest BCUT2D eigenvalue weighted by molar-refractivity contribution is -0.143. The van der Waals surface area contributed by atoms with Crippen LogP contribution in [0.4, 0.5) is 13.2 Å². The SMILES string of the molecule is CCOCCn1c(C(F)(F)F)c(C=O)c2ccccc21. The van der Waals surface area contributed by atoms with E-state index in [1.165, 1.54) is 6.07 Å². The van der Waals surface area contributed by atoms with Crippen molar-refractivity contribution in [3.05, 3.63) is 35.5 Å². The molecule has 2 rings (SSSR count). The summed E-state index contributed by atoms with van der Waals surface area (Å²) in [6.07, 6.45) is -4.32. The molecule has 108 valence electrons. The number of alkyl halides is 3. The van der Waals surface area contributed by atoms with Gasteiger partial charge in [0.15, 0.2) is 6.29 Å². The van der Waals surface area contributed by atoms with Crippen molar-refractivity contribution in [3.8, 4) is 0 Å². The molecule has 0 saturated heterocycles. The first-order valence-electron chi connectivity index (χ1n) is 6.22. The van der Waals surface area contributed by atoms with E-state index in [2.05, 4.69) is 0 Å². The van der Waals surface area contributed by atoms with Gasteiger partial charge in [-0.2, -0.15) is 13.2 Å². The van der Waals surface area contributed by atoms with Crippen LogP contribution in [-0.4, -0.2) is 24.1 Å². The largest absolute Gasteiger partial charge is 0.432 e. The molecule has 0 bridgehead atoms. The molecule has 0 aliphatic heterocycles. The number of rotatable bonds is 5. The average Bonchev–Trinajstić information content (AvgIpc) is 2.73. The summed E-state index contributed by atoms with van der Waals surface area (Å²) in [5, 5.41) is 0.311. The van der Waals surface area contributed by atoms with Crippen LogP contribution in [0.2, 0.25) is 0 Å². The first-order chi connectivity index (χ1) is 9.50. The van der Waals surface area contributed by atoms with Crippen molar-refractivity contribution in [2.45, 2.75) is 19.6 Å². The monoisotopic (exact) mass is 285 g/mol. The fraction of sp³-hybridized carbons (Fsp3) is 0.357. The molecule has 3 nitrogen and oxygen atoms in total. The van der Waals surface area contributed by atoms with Crippen molar-refractivity contribution >= 4 is 17.2 Å². The molecule has 0 unspecified atom stereocenters. The van der Waals surface area contributed by atoms with E-state index in [0.717, 1.165) is 4.57 Å². The Balaban J connectivity index is 2.64. The summed E-state index contributed by atoms with van der Waals surface area (Å²) in [6, 6.07) is 6.35. The summed E-state index contributed by atoms with van der Waals surface area (Å²) in [5.74, 6) is 0. The molecule has 1 heterocycles. The minimum absolute atomic E-state index is 0.0526. The average molecular weight is 285 g/mol. The molecule has 20 heavy (non-hydrogen) atoms. The van der Waals surface area contributed by atoms with Gasteiger partial charge in [0, 0.05) is 24.1 Å². The molecule has 2 aromatic rings. The molecular formula is C14H14F3NO2. The van der Waals surface area contributed by atoms with Gasteiger partial charge in [-0.1, -0.05) is 18.2 Å². The molecule has 0 atom stereocenters. The zero-order valence-electron chi connectivity index (χ0n) is 10.9. The number of halogens is 3. The van der Waals surface area contributed by atoms with Gasteiger partial charge in [-0.05, 0) is 13.0 Å². The van der Waals surface area contributed by atoms with E-state index in [-0.39, 0.29) is 25.0 Å². The predicted molar refractivity (Wildman–Crippen MR) is 68.8 cm³/mol. The number of hydrogen-bond donors (Lipinski definition) is 0. The van der Waals surface area contributed by atoms with Crippen LogP contribution >= 0.6 is 0 Å². The Labute approximate surface area is 113 Å². The molecule has 0 saturated carbocycles. The summed E-state index contributed by atoms with van der Waals surface area (Å²) >= 11 is 0. The molecule has 0 radical (unpaired) electrons. The maximum absolute atomic E-state index is 13.2. The Morgan fingerprint density at radius 1 is 1.30 bits per heavy atom. The quantitative estimate of drug-likeness (QED) is 0.622. The molecular weight excluding hydrogens is 271 g/mol. The summed E-state index contributed by atoms with van der Waals surface area (Å²) in [6.45, 7) is 2.42. The van der Waals surface area contributed by atoms with E-state index in [1.54, 1.807) is 25.1 Å². The Kier molecular flexibility index (Phi) is 4.13. The topological polar surface area (TPSA) is 31.2 Å². The van der Waals surface area contributed by atoms with Crippen LogP contribution < -0.4 is 0 Å². The highest BCUT2D eigenvalue weighted by molar-refractivity contribution is 5.99. The normalized spacial score (nSPS) is 12.0. The number of aromatic nitrogens is 1. The van der Waals surface area contributed by atoms with Gasteiger partial charge in [-0.15, -0.1) is 0 Å². The molecule has 0 aliphatic carbocycles. The van der Waals surface area contributed by atoms with E-state index in [9.17, 15) is 18.0 Å². The summed E-state index contributed by atoms with van der Waals surface area (Å²) in [5.41, 5.74) is -0.834. The number of aldehydes is 1. The van der Waals surface area contributed by atoms with Crippen LogP contribution in [0, 0.1) is 0 Å². The summed E-state index contributed by atoms with van der Waals surface area (Å²) in [4.78, 5) is 11.1. The number of para-hydroxylation sites is 1. The van der Waals surface area contributed by atoms with E-state index in [0.29, 0.717) is 17.5 Å². The molecule has 0 fully saturated rings. The third-order valence-electron chi connectivity index (χ3n) is 3.06.